The van der Waals surface area contributed by atoms with Crippen molar-refractivity contribution in [2.24, 2.45) is 0 Å². The molecule has 0 radical (unpaired) electrons. The van der Waals surface area contributed by atoms with Crippen molar-refractivity contribution in [3.8, 4) is 0 Å². The zero-order valence-electron chi connectivity index (χ0n) is 8.04. The molecule has 1 aromatic rings. The van der Waals surface area contributed by atoms with Crippen LogP contribution in [0.15, 0.2) is 24.3 Å². The zero-order chi connectivity index (χ0) is 11.8. The summed E-state index contributed by atoms with van der Waals surface area (Å²) < 4.78 is 41.4. The van der Waals surface area contributed by atoms with Crippen LogP contribution in [-0.4, -0.2) is 12.7 Å². The van der Waals surface area contributed by atoms with Crippen LogP contribution >= 0.6 is 0 Å². The Balaban J connectivity index is 2.17. The average molecular weight is 231 g/mol. The molecule has 1 amide bonds. The third kappa shape index (κ3) is 2.10. The molecule has 3 nitrogen and oxygen atoms in total. The Labute approximate surface area is 89.2 Å². The van der Waals surface area contributed by atoms with Gasteiger partial charge < -0.3 is 10.1 Å². The highest BCUT2D eigenvalue weighted by atomic mass is 19.4. The fourth-order valence-electron chi connectivity index (χ4n) is 1.47. The number of hydrogen-bond acceptors (Lipinski definition) is 2. The van der Waals surface area contributed by atoms with Crippen LogP contribution in [0.25, 0.3) is 0 Å². The summed E-state index contributed by atoms with van der Waals surface area (Å²) in [5, 5.41) is 2.49. The van der Waals surface area contributed by atoms with Crippen LogP contribution in [0.2, 0.25) is 0 Å². The molecule has 1 atom stereocenters. The first-order valence-electron chi connectivity index (χ1n) is 4.57. The molecule has 0 bridgehead atoms. The zero-order valence-corrected chi connectivity index (χ0v) is 8.04. The van der Waals surface area contributed by atoms with Gasteiger partial charge in [0.1, 0.15) is 6.61 Å². The number of carbonyl (C=O) groups is 1. The molecule has 16 heavy (non-hydrogen) atoms. The number of hydrogen-bond donors (Lipinski definition) is 1. The maximum Gasteiger partial charge on any atom is 0.416 e. The minimum absolute atomic E-state index is 0.143. The van der Waals surface area contributed by atoms with Gasteiger partial charge >= 0.3 is 12.3 Å². The van der Waals surface area contributed by atoms with Crippen molar-refractivity contribution in [1.29, 1.82) is 0 Å². The van der Waals surface area contributed by atoms with Gasteiger partial charge in [-0.1, -0.05) is 12.1 Å². The third-order valence-electron chi connectivity index (χ3n) is 2.31. The van der Waals surface area contributed by atoms with Gasteiger partial charge in [0, 0.05) is 0 Å². The summed E-state index contributed by atoms with van der Waals surface area (Å²) >= 11 is 0. The molecule has 1 saturated heterocycles. The minimum atomic E-state index is -4.34. The Hall–Kier alpha value is -1.72. The molecule has 0 aliphatic carbocycles. The summed E-state index contributed by atoms with van der Waals surface area (Å²) in [6.07, 6.45) is -4.89. The van der Waals surface area contributed by atoms with E-state index < -0.39 is 17.8 Å². The number of carbonyl (C=O) groups excluding carboxylic acids is 1. The van der Waals surface area contributed by atoms with Gasteiger partial charge in [-0.3, -0.25) is 0 Å². The van der Waals surface area contributed by atoms with E-state index in [1.54, 1.807) is 0 Å². The lowest BCUT2D eigenvalue weighted by Gasteiger charge is -2.10. The van der Waals surface area contributed by atoms with E-state index in [0.717, 1.165) is 12.1 Å². The van der Waals surface area contributed by atoms with Crippen molar-refractivity contribution in [3.05, 3.63) is 35.4 Å². The van der Waals surface area contributed by atoms with Crippen LogP contribution in [0.1, 0.15) is 17.2 Å². The first-order chi connectivity index (χ1) is 7.47. The molecular formula is C10H8F3NO2. The summed E-state index contributed by atoms with van der Waals surface area (Å²) in [7, 11) is 0. The van der Waals surface area contributed by atoms with Crippen molar-refractivity contribution < 1.29 is 22.7 Å². The van der Waals surface area contributed by atoms with Gasteiger partial charge in [0.05, 0.1) is 11.6 Å². The number of benzene rings is 1. The summed E-state index contributed by atoms with van der Waals surface area (Å²) in [6.45, 7) is 0.143. The first kappa shape index (κ1) is 10.8. The number of halogens is 3. The van der Waals surface area contributed by atoms with Crippen LogP contribution in [-0.2, 0) is 10.9 Å². The van der Waals surface area contributed by atoms with Gasteiger partial charge in [-0.05, 0) is 17.7 Å². The lowest BCUT2D eigenvalue weighted by Crippen LogP contribution is -2.18. The number of cyclic esters (lactones) is 1. The fraction of sp³-hybridized carbons (Fsp3) is 0.300. The largest absolute Gasteiger partial charge is 0.447 e. The second-order valence-corrected chi connectivity index (χ2v) is 3.42. The molecule has 1 aliphatic rings. The lowest BCUT2D eigenvalue weighted by atomic mass is 10.1. The Morgan fingerprint density at radius 2 is 1.88 bits per heavy atom. The topological polar surface area (TPSA) is 38.3 Å². The van der Waals surface area contributed by atoms with Crippen LogP contribution in [0.3, 0.4) is 0 Å². The Morgan fingerprint density at radius 1 is 1.25 bits per heavy atom. The number of alkyl halides is 3. The van der Waals surface area contributed by atoms with E-state index >= 15 is 0 Å². The summed E-state index contributed by atoms with van der Waals surface area (Å²) in [6, 6.07) is 4.28. The van der Waals surface area contributed by atoms with E-state index in [1.165, 1.54) is 12.1 Å². The molecule has 2 rings (SSSR count). The predicted octanol–water partition coefficient (Wildman–Crippen LogP) is 2.49. The molecule has 6 heteroatoms. The molecule has 1 N–H and O–H groups in total. The number of alkyl carbamates (subject to hydrolysis) is 1. The van der Waals surface area contributed by atoms with Crippen molar-refractivity contribution in [1.82, 2.24) is 5.32 Å². The normalized spacial score (nSPS) is 20.4. The highest BCUT2D eigenvalue weighted by Crippen LogP contribution is 2.30. The maximum absolute atomic E-state index is 12.3. The third-order valence-corrected chi connectivity index (χ3v) is 2.31. The summed E-state index contributed by atoms with van der Waals surface area (Å²) in [5.41, 5.74) is -0.111. The number of ether oxygens (including phenoxy) is 1. The standard InChI is InChI=1S/C10H8F3NO2/c11-10(12,13)7-3-1-6(2-4-7)8-5-16-9(15)14-8/h1-4,8H,5H2,(H,14,15)/t8-/m0/s1. The molecule has 1 fully saturated rings. The predicted molar refractivity (Wildman–Crippen MR) is 48.7 cm³/mol. The van der Waals surface area contributed by atoms with Gasteiger partial charge in [-0.25, -0.2) is 4.79 Å². The van der Waals surface area contributed by atoms with Crippen LogP contribution < -0.4 is 5.32 Å². The van der Waals surface area contributed by atoms with Gasteiger partial charge in [0.15, 0.2) is 0 Å². The first-order valence-corrected chi connectivity index (χ1v) is 4.57. The molecule has 1 heterocycles. The van der Waals surface area contributed by atoms with E-state index in [1.807, 2.05) is 0 Å². The Kier molecular flexibility index (Phi) is 2.49. The second kappa shape index (κ2) is 3.70. The van der Waals surface area contributed by atoms with E-state index in [4.69, 9.17) is 0 Å². The second-order valence-electron chi connectivity index (χ2n) is 3.42. The van der Waals surface area contributed by atoms with E-state index in [0.29, 0.717) is 5.56 Å². The van der Waals surface area contributed by atoms with Crippen LogP contribution in [0.5, 0.6) is 0 Å². The molecule has 1 aromatic carbocycles. The molecule has 0 aromatic heterocycles. The number of rotatable bonds is 1. The summed E-state index contributed by atoms with van der Waals surface area (Å²) in [5.74, 6) is 0. The SMILES string of the molecule is O=C1N[C@H](c2ccc(C(F)(F)F)cc2)CO1. The summed E-state index contributed by atoms with van der Waals surface area (Å²) in [4.78, 5) is 10.7. The molecule has 0 unspecified atom stereocenters. The van der Waals surface area contributed by atoms with Gasteiger partial charge in [0.2, 0.25) is 0 Å². The fourth-order valence-corrected chi connectivity index (χ4v) is 1.47. The van der Waals surface area contributed by atoms with Crippen LogP contribution in [0.4, 0.5) is 18.0 Å². The van der Waals surface area contributed by atoms with Crippen LogP contribution in [0, 0.1) is 0 Å². The molecular weight excluding hydrogens is 223 g/mol. The molecule has 0 spiro atoms. The lowest BCUT2D eigenvalue weighted by molar-refractivity contribution is -0.137. The quantitative estimate of drug-likeness (QED) is 0.806. The Bertz CT molecular complexity index is 400. The smallest absolute Gasteiger partial charge is 0.416 e. The molecule has 86 valence electrons. The maximum atomic E-state index is 12.3. The van der Waals surface area contributed by atoms with Gasteiger partial charge in [-0.2, -0.15) is 13.2 Å². The van der Waals surface area contributed by atoms with Crippen molar-refractivity contribution in [2.45, 2.75) is 12.2 Å². The van der Waals surface area contributed by atoms with Gasteiger partial charge in [0.25, 0.3) is 0 Å². The molecule has 0 saturated carbocycles. The highest BCUT2D eigenvalue weighted by molar-refractivity contribution is 5.70. The van der Waals surface area contributed by atoms with Crippen molar-refractivity contribution >= 4 is 6.09 Å². The van der Waals surface area contributed by atoms with Crippen molar-refractivity contribution in [2.75, 3.05) is 6.61 Å². The van der Waals surface area contributed by atoms with E-state index in [2.05, 4.69) is 10.1 Å². The number of nitrogens with one attached hydrogen (secondary N) is 1. The minimum Gasteiger partial charge on any atom is -0.447 e. The van der Waals surface area contributed by atoms with Gasteiger partial charge in [-0.15, -0.1) is 0 Å². The van der Waals surface area contributed by atoms with E-state index in [-0.39, 0.29) is 12.6 Å². The highest BCUT2D eigenvalue weighted by Gasteiger charge is 2.31. The monoisotopic (exact) mass is 231 g/mol. The van der Waals surface area contributed by atoms with E-state index in [9.17, 15) is 18.0 Å². The molecule has 1 aliphatic heterocycles. The average Bonchev–Trinajstić information content (AvgIpc) is 2.64. The number of amides is 1. The Morgan fingerprint density at radius 3 is 2.31 bits per heavy atom. The van der Waals surface area contributed by atoms with Crippen molar-refractivity contribution in [3.63, 3.8) is 0 Å².